The monoisotopic (exact) mass is 314 g/mol. The van der Waals surface area contributed by atoms with Crippen LogP contribution in [0.4, 0.5) is 28.9 Å². The van der Waals surface area contributed by atoms with E-state index in [1.807, 2.05) is 0 Å². The van der Waals surface area contributed by atoms with Crippen LogP contribution < -0.4 is 5.32 Å². The second-order valence-corrected chi connectivity index (χ2v) is 4.56. The van der Waals surface area contributed by atoms with E-state index in [9.17, 15) is 17.6 Å². The molecule has 0 bridgehead atoms. The van der Waals surface area contributed by atoms with Gasteiger partial charge in [0.15, 0.2) is 0 Å². The Labute approximate surface area is 122 Å². The van der Waals surface area contributed by atoms with Crippen LogP contribution in [0.2, 0.25) is 5.02 Å². The molecule has 0 saturated heterocycles. The molecule has 2 nitrogen and oxygen atoms in total. The van der Waals surface area contributed by atoms with Crippen molar-refractivity contribution in [1.82, 2.24) is 0 Å². The largest absolute Gasteiger partial charge is 0.416 e. The molecule has 0 atom stereocenters. The van der Waals surface area contributed by atoms with Gasteiger partial charge in [0.25, 0.3) is 0 Å². The van der Waals surface area contributed by atoms with Crippen molar-refractivity contribution >= 4 is 23.0 Å². The second-order valence-electron chi connectivity index (χ2n) is 4.16. The first kappa shape index (κ1) is 15.1. The molecule has 0 unspecified atom stereocenters. The molecule has 0 amide bonds. The molecule has 2 aromatic carbocycles. The zero-order valence-corrected chi connectivity index (χ0v) is 11.1. The molecule has 1 N–H and O–H groups in total. The lowest BCUT2D eigenvalue weighted by molar-refractivity contribution is -0.137. The molecule has 0 radical (unpaired) electrons. The normalized spacial score (nSPS) is 11.0. The molecule has 0 aliphatic rings. The third kappa shape index (κ3) is 3.64. The van der Waals surface area contributed by atoms with Crippen LogP contribution >= 0.6 is 11.6 Å². The summed E-state index contributed by atoms with van der Waals surface area (Å²) in [4.78, 5) is 0. The van der Waals surface area contributed by atoms with E-state index in [2.05, 4.69) is 5.32 Å². The molecule has 0 spiro atoms. The first-order chi connectivity index (χ1) is 9.79. The zero-order valence-electron chi connectivity index (χ0n) is 10.3. The molecule has 0 saturated carbocycles. The average Bonchev–Trinajstić information content (AvgIpc) is 2.39. The fourth-order valence-electron chi connectivity index (χ4n) is 1.68. The van der Waals surface area contributed by atoms with E-state index in [4.69, 9.17) is 16.9 Å². The van der Waals surface area contributed by atoms with E-state index in [0.717, 1.165) is 30.3 Å². The van der Waals surface area contributed by atoms with Gasteiger partial charge in [-0.1, -0.05) is 11.6 Å². The van der Waals surface area contributed by atoms with Crippen LogP contribution in [-0.2, 0) is 6.18 Å². The number of hydrogen-bond donors (Lipinski definition) is 1. The summed E-state index contributed by atoms with van der Waals surface area (Å²) in [6.07, 6.45) is -4.51. The lowest BCUT2D eigenvalue weighted by atomic mass is 10.1. The highest BCUT2D eigenvalue weighted by atomic mass is 35.5. The van der Waals surface area contributed by atoms with Crippen molar-refractivity contribution in [1.29, 1.82) is 5.26 Å². The number of nitrogens with one attached hydrogen (secondary N) is 1. The summed E-state index contributed by atoms with van der Waals surface area (Å²) in [6.45, 7) is 0. The van der Waals surface area contributed by atoms with Gasteiger partial charge in [0, 0.05) is 5.69 Å². The van der Waals surface area contributed by atoms with E-state index in [0.29, 0.717) is 0 Å². The highest BCUT2D eigenvalue weighted by molar-refractivity contribution is 6.33. The SMILES string of the molecule is N#Cc1cc(F)cc(Nc2cc(C(F)(F)F)ccc2Cl)c1. The number of rotatable bonds is 2. The first-order valence-electron chi connectivity index (χ1n) is 5.64. The summed E-state index contributed by atoms with van der Waals surface area (Å²) < 4.78 is 51.2. The molecule has 0 aliphatic carbocycles. The van der Waals surface area contributed by atoms with Crippen molar-refractivity contribution in [3.63, 3.8) is 0 Å². The van der Waals surface area contributed by atoms with Crippen LogP contribution in [-0.4, -0.2) is 0 Å². The summed E-state index contributed by atoms with van der Waals surface area (Å²) in [7, 11) is 0. The lowest BCUT2D eigenvalue weighted by Crippen LogP contribution is -2.05. The Hall–Kier alpha value is -2.26. The van der Waals surface area contributed by atoms with E-state index in [-0.39, 0.29) is 22.0 Å². The number of alkyl halides is 3. The fraction of sp³-hybridized carbons (Fsp3) is 0.0714. The van der Waals surface area contributed by atoms with Crippen molar-refractivity contribution in [3.05, 3.63) is 58.4 Å². The van der Waals surface area contributed by atoms with E-state index in [1.54, 1.807) is 6.07 Å². The quantitative estimate of drug-likeness (QED) is 0.782. The number of nitrogens with zero attached hydrogens (tertiary/aromatic N) is 1. The van der Waals surface area contributed by atoms with Crippen molar-refractivity contribution in [2.24, 2.45) is 0 Å². The van der Waals surface area contributed by atoms with Crippen LogP contribution in [0.25, 0.3) is 0 Å². The van der Waals surface area contributed by atoms with Crippen molar-refractivity contribution in [2.45, 2.75) is 6.18 Å². The summed E-state index contributed by atoms with van der Waals surface area (Å²) >= 11 is 5.82. The van der Waals surface area contributed by atoms with Crippen LogP contribution in [0.1, 0.15) is 11.1 Å². The van der Waals surface area contributed by atoms with Crippen molar-refractivity contribution in [3.8, 4) is 6.07 Å². The minimum Gasteiger partial charge on any atom is -0.354 e. The maximum Gasteiger partial charge on any atom is 0.416 e. The Morgan fingerprint density at radius 2 is 1.81 bits per heavy atom. The molecule has 0 aromatic heterocycles. The van der Waals surface area contributed by atoms with E-state index >= 15 is 0 Å². The van der Waals surface area contributed by atoms with Crippen molar-refractivity contribution in [2.75, 3.05) is 5.32 Å². The topological polar surface area (TPSA) is 35.8 Å². The predicted molar refractivity (Wildman–Crippen MR) is 70.9 cm³/mol. The van der Waals surface area contributed by atoms with E-state index < -0.39 is 17.6 Å². The summed E-state index contributed by atoms with van der Waals surface area (Å²) in [5.74, 6) is -0.681. The number of nitriles is 1. The Morgan fingerprint density at radius 3 is 2.43 bits per heavy atom. The maximum absolute atomic E-state index is 13.3. The second kappa shape index (κ2) is 5.62. The van der Waals surface area contributed by atoms with Crippen molar-refractivity contribution < 1.29 is 17.6 Å². The van der Waals surface area contributed by atoms with Crippen LogP contribution in [0.3, 0.4) is 0 Å². The Bertz CT molecular complexity index is 720. The number of hydrogen-bond acceptors (Lipinski definition) is 2. The zero-order chi connectivity index (χ0) is 15.6. The molecule has 2 aromatic rings. The molecular weight excluding hydrogens is 308 g/mol. The van der Waals surface area contributed by atoms with Gasteiger partial charge in [0.1, 0.15) is 5.82 Å². The van der Waals surface area contributed by atoms with Gasteiger partial charge in [-0.2, -0.15) is 18.4 Å². The molecule has 108 valence electrons. The van der Waals surface area contributed by atoms with Crippen LogP contribution in [0, 0.1) is 17.1 Å². The molecule has 0 heterocycles. The fourth-order valence-corrected chi connectivity index (χ4v) is 1.84. The highest BCUT2D eigenvalue weighted by Crippen LogP contribution is 2.35. The molecule has 0 fully saturated rings. The van der Waals surface area contributed by atoms with Crippen LogP contribution in [0.5, 0.6) is 0 Å². The van der Waals surface area contributed by atoms with Gasteiger partial charge < -0.3 is 5.32 Å². The highest BCUT2D eigenvalue weighted by Gasteiger charge is 2.30. The Kier molecular flexibility index (Phi) is 4.05. The summed E-state index contributed by atoms with van der Waals surface area (Å²) in [5, 5.41) is 11.4. The van der Waals surface area contributed by atoms with Gasteiger partial charge in [-0.05, 0) is 36.4 Å². The van der Waals surface area contributed by atoms with Gasteiger partial charge in [0.2, 0.25) is 0 Å². The third-order valence-electron chi connectivity index (χ3n) is 2.60. The number of benzene rings is 2. The molecular formula is C14H7ClF4N2. The van der Waals surface area contributed by atoms with E-state index in [1.165, 1.54) is 6.07 Å². The average molecular weight is 315 g/mol. The first-order valence-corrected chi connectivity index (χ1v) is 6.02. The minimum atomic E-state index is -4.51. The standard InChI is InChI=1S/C14H7ClF4N2/c15-12-2-1-9(14(17,18)19)5-13(12)21-11-4-8(7-20)3-10(16)6-11/h1-6,21H. The molecule has 2 rings (SSSR count). The number of halogens is 5. The Balaban J connectivity index is 2.40. The summed E-state index contributed by atoms with van der Waals surface area (Å²) in [5.41, 5.74) is -0.735. The Morgan fingerprint density at radius 1 is 1.10 bits per heavy atom. The van der Waals surface area contributed by atoms with Gasteiger partial charge >= 0.3 is 6.18 Å². The summed E-state index contributed by atoms with van der Waals surface area (Å²) in [6, 6.07) is 7.88. The predicted octanol–water partition coefficient (Wildman–Crippen LogP) is 5.11. The molecule has 7 heteroatoms. The third-order valence-corrected chi connectivity index (χ3v) is 2.93. The van der Waals surface area contributed by atoms with Gasteiger partial charge in [-0.25, -0.2) is 4.39 Å². The molecule has 0 aliphatic heterocycles. The smallest absolute Gasteiger partial charge is 0.354 e. The molecule has 21 heavy (non-hydrogen) atoms. The number of anilines is 2. The van der Waals surface area contributed by atoms with Gasteiger partial charge in [-0.3, -0.25) is 0 Å². The lowest BCUT2D eigenvalue weighted by Gasteiger charge is -2.12. The van der Waals surface area contributed by atoms with Crippen LogP contribution in [0.15, 0.2) is 36.4 Å². The minimum absolute atomic E-state index is 0.0269. The van der Waals surface area contributed by atoms with Gasteiger partial charge in [-0.15, -0.1) is 0 Å². The maximum atomic E-state index is 13.3. The van der Waals surface area contributed by atoms with Gasteiger partial charge in [0.05, 0.1) is 27.9 Å².